The lowest BCUT2D eigenvalue weighted by molar-refractivity contribution is -0.123. The lowest BCUT2D eigenvalue weighted by Crippen LogP contribution is -2.38. The number of amides is 3. The largest absolute Gasteiger partial charge is 0.478 e. The quantitative estimate of drug-likeness (QED) is 0.798. The maximum Gasteiger partial charge on any atom is 0.315 e. The molecule has 0 unspecified atom stereocenters. The summed E-state index contributed by atoms with van der Waals surface area (Å²) in [4.78, 5) is 23.6. The van der Waals surface area contributed by atoms with Gasteiger partial charge in [-0.1, -0.05) is 13.0 Å². The number of urea groups is 1. The minimum atomic E-state index is -0.454. The minimum Gasteiger partial charge on any atom is -0.478 e. The molecule has 0 radical (unpaired) electrons. The molecule has 22 heavy (non-hydrogen) atoms. The first-order valence-electron chi connectivity index (χ1n) is 7.75. The molecule has 1 fully saturated rings. The van der Waals surface area contributed by atoms with Crippen LogP contribution >= 0.6 is 0 Å². The van der Waals surface area contributed by atoms with E-state index in [0.29, 0.717) is 23.9 Å². The number of ether oxygens (including phenoxy) is 1. The molecular formula is C16H21N3O3. The molecule has 1 heterocycles. The van der Waals surface area contributed by atoms with Crippen molar-refractivity contribution in [2.75, 3.05) is 5.32 Å². The highest BCUT2D eigenvalue weighted by molar-refractivity contribution is 5.97. The topological polar surface area (TPSA) is 79.5 Å². The fraction of sp³-hybridized carbons (Fsp3) is 0.500. The van der Waals surface area contributed by atoms with Crippen molar-refractivity contribution in [3.05, 3.63) is 23.8 Å². The summed E-state index contributed by atoms with van der Waals surface area (Å²) in [7, 11) is 0. The Balaban J connectivity index is 1.69. The molecule has 6 heteroatoms. The lowest BCUT2D eigenvalue weighted by atomic mass is 10.1. The normalized spacial score (nSPS) is 21.2. The second kappa shape index (κ2) is 5.87. The summed E-state index contributed by atoms with van der Waals surface area (Å²) < 4.78 is 5.72. The smallest absolute Gasteiger partial charge is 0.315 e. The van der Waals surface area contributed by atoms with Crippen LogP contribution in [0.4, 0.5) is 10.5 Å². The minimum absolute atomic E-state index is 0.113. The number of rotatable bonds is 4. The van der Waals surface area contributed by atoms with Gasteiger partial charge in [0.15, 0.2) is 6.10 Å². The molecule has 1 aromatic carbocycles. The Morgan fingerprint density at radius 3 is 2.91 bits per heavy atom. The van der Waals surface area contributed by atoms with Gasteiger partial charge in [0.25, 0.3) is 5.91 Å². The van der Waals surface area contributed by atoms with Crippen molar-refractivity contribution in [2.45, 2.75) is 51.3 Å². The molecule has 3 N–H and O–H groups in total. The molecule has 1 saturated carbocycles. The number of carbonyl (C=O) groups excluding carboxylic acids is 2. The van der Waals surface area contributed by atoms with Crippen molar-refractivity contribution in [3.63, 3.8) is 0 Å². The summed E-state index contributed by atoms with van der Waals surface area (Å²) >= 11 is 0. The van der Waals surface area contributed by atoms with Crippen LogP contribution in [0.2, 0.25) is 0 Å². The van der Waals surface area contributed by atoms with E-state index in [0.717, 1.165) is 18.4 Å². The number of hydrogen-bond donors (Lipinski definition) is 3. The number of anilines is 1. The van der Waals surface area contributed by atoms with Crippen molar-refractivity contribution in [2.24, 2.45) is 0 Å². The van der Waals surface area contributed by atoms with Crippen LogP contribution in [0.25, 0.3) is 0 Å². The highest BCUT2D eigenvalue weighted by Crippen LogP contribution is 2.33. The summed E-state index contributed by atoms with van der Waals surface area (Å²) in [6, 6.07) is 5.63. The van der Waals surface area contributed by atoms with Gasteiger partial charge in [0.1, 0.15) is 5.75 Å². The average Bonchev–Trinajstić information content (AvgIpc) is 3.29. The molecule has 3 rings (SSSR count). The first-order valence-corrected chi connectivity index (χ1v) is 7.75. The van der Waals surface area contributed by atoms with Gasteiger partial charge in [-0.05, 0) is 43.9 Å². The van der Waals surface area contributed by atoms with E-state index in [2.05, 4.69) is 16.0 Å². The van der Waals surface area contributed by atoms with Crippen LogP contribution in [0.15, 0.2) is 18.2 Å². The molecule has 2 aliphatic rings. The van der Waals surface area contributed by atoms with Gasteiger partial charge < -0.3 is 20.7 Å². The predicted octanol–water partition coefficient (Wildman–Crippen LogP) is 2.32. The molecule has 1 aliphatic carbocycles. The Labute approximate surface area is 129 Å². The van der Waals surface area contributed by atoms with Crippen LogP contribution in [-0.4, -0.2) is 24.1 Å². The number of carbonyl (C=O) groups is 2. The number of benzene rings is 1. The third-order valence-electron chi connectivity index (χ3n) is 3.96. The Morgan fingerprint density at radius 1 is 1.45 bits per heavy atom. The van der Waals surface area contributed by atoms with Gasteiger partial charge in [0, 0.05) is 6.04 Å². The molecule has 1 aliphatic heterocycles. The second-order valence-corrected chi connectivity index (χ2v) is 5.87. The summed E-state index contributed by atoms with van der Waals surface area (Å²) in [6.07, 6.45) is 2.29. The number of hydrogen-bond acceptors (Lipinski definition) is 3. The maximum atomic E-state index is 11.8. The van der Waals surface area contributed by atoms with Gasteiger partial charge in [-0.15, -0.1) is 0 Å². The Kier molecular flexibility index (Phi) is 3.92. The molecule has 0 bridgehead atoms. The molecule has 0 saturated heterocycles. The SMILES string of the molecule is CC[C@H]1Oc2cc([C@H](C)NC(=O)NC3CC3)ccc2NC1=O. The molecular weight excluding hydrogens is 282 g/mol. The molecule has 2 atom stereocenters. The van der Waals surface area contributed by atoms with Crippen LogP contribution < -0.4 is 20.7 Å². The highest BCUT2D eigenvalue weighted by atomic mass is 16.5. The van der Waals surface area contributed by atoms with Gasteiger partial charge >= 0.3 is 6.03 Å². The van der Waals surface area contributed by atoms with Crippen LogP contribution in [0, 0.1) is 0 Å². The van der Waals surface area contributed by atoms with Crippen LogP contribution in [0.1, 0.15) is 44.7 Å². The maximum absolute atomic E-state index is 11.8. The summed E-state index contributed by atoms with van der Waals surface area (Å²) in [5.74, 6) is 0.540. The molecule has 0 aromatic heterocycles. The van der Waals surface area contributed by atoms with Crippen LogP contribution in [-0.2, 0) is 4.79 Å². The third kappa shape index (κ3) is 3.16. The van der Waals surface area contributed by atoms with Crippen molar-refractivity contribution in [3.8, 4) is 5.75 Å². The monoisotopic (exact) mass is 303 g/mol. The molecule has 6 nitrogen and oxygen atoms in total. The summed E-state index contributed by atoms with van der Waals surface area (Å²) in [5, 5.41) is 8.65. The first kappa shape index (κ1) is 14.7. The zero-order valence-corrected chi connectivity index (χ0v) is 12.8. The van der Waals surface area contributed by atoms with Crippen LogP contribution in [0.3, 0.4) is 0 Å². The zero-order chi connectivity index (χ0) is 15.7. The number of nitrogens with one attached hydrogen (secondary N) is 3. The average molecular weight is 303 g/mol. The van der Waals surface area contributed by atoms with E-state index in [1.54, 1.807) is 0 Å². The van der Waals surface area contributed by atoms with Crippen molar-refractivity contribution in [1.82, 2.24) is 10.6 Å². The van der Waals surface area contributed by atoms with Gasteiger partial charge in [0.05, 0.1) is 11.7 Å². The Morgan fingerprint density at radius 2 is 2.23 bits per heavy atom. The van der Waals surface area contributed by atoms with E-state index in [9.17, 15) is 9.59 Å². The van der Waals surface area contributed by atoms with E-state index in [1.807, 2.05) is 32.0 Å². The first-order chi connectivity index (χ1) is 10.6. The van der Waals surface area contributed by atoms with Crippen LogP contribution in [0.5, 0.6) is 5.75 Å². The molecule has 0 spiro atoms. The van der Waals surface area contributed by atoms with E-state index in [1.165, 1.54) is 0 Å². The second-order valence-electron chi connectivity index (χ2n) is 5.87. The Bertz CT molecular complexity index is 598. The predicted molar refractivity (Wildman–Crippen MR) is 82.9 cm³/mol. The molecule has 1 aromatic rings. The van der Waals surface area contributed by atoms with Crippen molar-refractivity contribution >= 4 is 17.6 Å². The van der Waals surface area contributed by atoms with Crippen molar-refractivity contribution < 1.29 is 14.3 Å². The fourth-order valence-electron chi connectivity index (χ4n) is 2.43. The third-order valence-corrected chi connectivity index (χ3v) is 3.96. The highest BCUT2D eigenvalue weighted by Gasteiger charge is 2.27. The van der Waals surface area contributed by atoms with Gasteiger partial charge in [-0.2, -0.15) is 0 Å². The fourth-order valence-corrected chi connectivity index (χ4v) is 2.43. The van der Waals surface area contributed by atoms with E-state index < -0.39 is 6.10 Å². The molecule has 3 amide bonds. The van der Waals surface area contributed by atoms with Crippen molar-refractivity contribution in [1.29, 1.82) is 0 Å². The number of fused-ring (bicyclic) bond motifs is 1. The van der Waals surface area contributed by atoms with Gasteiger partial charge in [-0.25, -0.2) is 4.79 Å². The van der Waals surface area contributed by atoms with E-state index in [4.69, 9.17) is 4.74 Å². The van der Waals surface area contributed by atoms with E-state index >= 15 is 0 Å². The standard InChI is InChI=1S/C16H21N3O3/c1-3-13-15(20)19-12-7-4-10(8-14(12)22-13)9(2)17-16(21)18-11-5-6-11/h4,7-9,11,13H,3,5-6H2,1-2H3,(H,19,20)(H2,17,18,21)/t9-,13+/m0/s1. The molecule has 118 valence electrons. The Hall–Kier alpha value is -2.24. The summed E-state index contributed by atoms with van der Waals surface area (Å²) in [5.41, 5.74) is 1.61. The lowest BCUT2D eigenvalue weighted by Gasteiger charge is -2.26. The zero-order valence-electron chi connectivity index (χ0n) is 12.8. The van der Waals surface area contributed by atoms with E-state index in [-0.39, 0.29) is 18.0 Å². The van der Waals surface area contributed by atoms with Gasteiger partial charge in [0.2, 0.25) is 0 Å². The van der Waals surface area contributed by atoms with Gasteiger partial charge in [-0.3, -0.25) is 4.79 Å². The summed E-state index contributed by atoms with van der Waals surface area (Å²) in [6.45, 7) is 3.83.